The van der Waals surface area contributed by atoms with Gasteiger partial charge in [-0.15, -0.1) is 0 Å². The number of amides is 1. The molecule has 0 aliphatic carbocycles. The molecular formula is C17H14N2O2. The van der Waals surface area contributed by atoms with Crippen molar-refractivity contribution in [2.24, 2.45) is 0 Å². The molecule has 2 N–H and O–H groups in total. The molecule has 0 fully saturated rings. The molecule has 0 atom stereocenters. The van der Waals surface area contributed by atoms with Crippen molar-refractivity contribution >= 4 is 22.5 Å². The first kappa shape index (κ1) is 13.1. The number of carbonyl (C=O) groups excluding carboxylic acids is 1. The summed E-state index contributed by atoms with van der Waals surface area (Å²) in [5.41, 5.74) is 3.23. The molecule has 3 aromatic rings. The average Bonchev–Trinajstić information content (AvgIpc) is 2.46. The lowest BCUT2D eigenvalue weighted by atomic mass is 10.0. The molecule has 4 heteroatoms. The number of rotatable bonds is 2. The van der Waals surface area contributed by atoms with Crippen molar-refractivity contribution < 1.29 is 4.79 Å². The molecular weight excluding hydrogens is 264 g/mol. The number of fused-ring (bicyclic) bond motifs is 1. The summed E-state index contributed by atoms with van der Waals surface area (Å²) in [5, 5.41) is 3.72. The summed E-state index contributed by atoms with van der Waals surface area (Å²) in [6.07, 6.45) is 0. The van der Waals surface area contributed by atoms with E-state index in [1.807, 2.05) is 48.5 Å². The van der Waals surface area contributed by atoms with Gasteiger partial charge in [-0.3, -0.25) is 9.59 Å². The Morgan fingerprint density at radius 3 is 2.48 bits per heavy atom. The van der Waals surface area contributed by atoms with Gasteiger partial charge in [0.15, 0.2) is 0 Å². The molecule has 2 aromatic carbocycles. The maximum atomic E-state index is 11.8. The number of anilines is 1. The van der Waals surface area contributed by atoms with Crippen molar-refractivity contribution in [3.63, 3.8) is 0 Å². The Balaban J connectivity index is 2.12. The van der Waals surface area contributed by atoms with Crippen LogP contribution in [-0.2, 0) is 4.79 Å². The Bertz CT molecular complexity index is 864. The van der Waals surface area contributed by atoms with Crippen LogP contribution in [0.5, 0.6) is 0 Å². The zero-order valence-electron chi connectivity index (χ0n) is 11.5. The fourth-order valence-corrected chi connectivity index (χ4v) is 2.38. The van der Waals surface area contributed by atoms with Crippen LogP contribution in [0.15, 0.2) is 59.4 Å². The normalized spacial score (nSPS) is 10.5. The van der Waals surface area contributed by atoms with Gasteiger partial charge in [0.2, 0.25) is 11.5 Å². The second kappa shape index (κ2) is 5.25. The highest BCUT2D eigenvalue weighted by Crippen LogP contribution is 2.27. The third-order valence-corrected chi connectivity index (χ3v) is 3.27. The van der Waals surface area contributed by atoms with E-state index in [9.17, 15) is 9.59 Å². The van der Waals surface area contributed by atoms with Crippen LogP contribution in [-0.4, -0.2) is 10.9 Å². The largest absolute Gasteiger partial charge is 0.326 e. The van der Waals surface area contributed by atoms with E-state index in [1.54, 1.807) is 6.07 Å². The van der Waals surface area contributed by atoms with E-state index in [1.165, 1.54) is 6.92 Å². The monoisotopic (exact) mass is 278 g/mol. The summed E-state index contributed by atoms with van der Waals surface area (Å²) in [7, 11) is 0. The van der Waals surface area contributed by atoms with Gasteiger partial charge in [0.05, 0.1) is 0 Å². The van der Waals surface area contributed by atoms with Crippen LogP contribution < -0.4 is 10.9 Å². The topological polar surface area (TPSA) is 62.0 Å². The highest BCUT2D eigenvalue weighted by atomic mass is 16.1. The van der Waals surface area contributed by atoms with Crippen LogP contribution in [0.2, 0.25) is 0 Å². The SMILES string of the molecule is CC(=O)Nc1ccc(-c2cc(=O)[nH]c3ccccc23)cc1. The molecule has 4 nitrogen and oxygen atoms in total. The zero-order valence-corrected chi connectivity index (χ0v) is 11.5. The number of para-hydroxylation sites is 1. The van der Waals surface area contributed by atoms with Crippen LogP contribution in [0, 0.1) is 0 Å². The van der Waals surface area contributed by atoms with E-state index in [4.69, 9.17) is 0 Å². The fourth-order valence-electron chi connectivity index (χ4n) is 2.38. The minimum absolute atomic E-state index is 0.107. The quantitative estimate of drug-likeness (QED) is 0.756. The maximum absolute atomic E-state index is 11.8. The van der Waals surface area contributed by atoms with Crippen molar-refractivity contribution in [3.05, 3.63) is 65.0 Å². The first-order chi connectivity index (χ1) is 10.1. The summed E-state index contributed by atoms with van der Waals surface area (Å²) in [5.74, 6) is -0.107. The predicted octanol–water partition coefficient (Wildman–Crippen LogP) is 3.15. The van der Waals surface area contributed by atoms with Gasteiger partial charge in [0.1, 0.15) is 0 Å². The van der Waals surface area contributed by atoms with Gasteiger partial charge in [-0.1, -0.05) is 30.3 Å². The molecule has 0 saturated heterocycles. The molecule has 0 aliphatic rings. The summed E-state index contributed by atoms with van der Waals surface area (Å²) in [6.45, 7) is 1.47. The number of nitrogens with one attached hydrogen (secondary N) is 2. The van der Waals surface area contributed by atoms with Gasteiger partial charge in [-0.25, -0.2) is 0 Å². The minimum atomic E-state index is -0.130. The number of hydrogen-bond acceptors (Lipinski definition) is 2. The van der Waals surface area contributed by atoms with Crippen molar-refractivity contribution in [2.75, 3.05) is 5.32 Å². The van der Waals surface area contributed by atoms with Crippen molar-refractivity contribution in [1.82, 2.24) is 4.98 Å². The molecule has 0 radical (unpaired) electrons. The van der Waals surface area contributed by atoms with Gasteiger partial charge >= 0.3 is 0 Å². The lowest BCUT2D eigenvalue weighted by molar-refractivity contribution is -0.114. The third kappa shape index (κ3) is 2.69. The summed E-state index contributed by atoms with van der Waals surface area (Å²) in [4.78, 5) is 25.6. The van der Waals surface area contributed by atoms with Gasteiger partial charge in [-0.05, 0) is 29.3 Å². The van der Waals surface area contributed by atoms with Crippen molar-refractivity contribution in [3.8, 4) is 11.1 Å². The number of aromatic nitrogens is 1. The van der Waals surface area contributed by atoms with Crippen molar-refractivity contribution in [2.45, 2.75) is 6.92 Å². The fraction of sp³-hybridized carbons (Fsp3) is 0.0588. The number of pyridine rings is 1. The number of hydrogen-bond donors (Lipinski definition) is 2. The molecule has 0 bridgehead atoms. The summed E-state index contributed by atoms with van der Waals surface area (Å²) in [6, 6.07) is 16.7. The Morgan fingerprint density at radius 2 is 1.76 bits per heavy atom. The van der Waals surface area contributed by atoms with Gasteiger partial charge in [0.25, 0.3) is 0 Å². The molecule has 0 unspecified atom stereocenters. The Hall–Kier alpha value is -2.88. The van der Waals surface area contributed by atoms with E-state index < -0.39 is 0 Å². The van der Waals surface area contributed by atoms with Crippen molar-refractivity contribution in [1.29, 1.82) is 0 Å². The summed E-state index contributed by atoms with van der Waals surface area (Å²) >= 11 is 0. The van der Waals surface area contributed by atoms with Gasteiger partial charge < -0.3 is 10.3 Å². The van der Waals surface area contributed by atoms with Crippen LogP contribution in [0.3, 0.4) is 0 Å². The Kier molecular flexibility index (Phi) is 3.28. The Labute approximate surface area is 121 Å². The lowest BCUT2D eigenvalue weighted by Gasteiger charge is -2.08. The lowest BCUT2D eigenvalue weighted by Crippen LogP contribution is -2.06. The second-order valence-electron chi connectivity index (χ2n) is 4.85. The first-order valence-corrected chi connectivity index (χ1v) is 6.63. The van der Waals surface area contributed by atoms with E-state index in [2.05, 4.69) is 10.3 Å². The molecule has 21 heavy (non-hydrogen) atoms. The molecule has 104 valence electrons. The molecule has 3 rings (SSSR count). The zero-order chi connectivity index (χ0) is 14.8. The van der Waals surface area contributed by atoms with Gasteiger partial charge in [-0.2, -0.15) is 0 Å². The smallest absolute Gasteiger partial charge is 0.249 e. The molecule has 1 amide bonds. The number of H-pyrrole nitrogens is 1. The van der Waals surface area contributed by atoms with E-state index >= 15 is 0 Å². The summed E-state index contributed by atoms with van der Waals surface area (Å²) < 4.78 is 0. The molecule has 0 saturated carbocycles. The van der Waals surface area contributed by atoms with Crippen LogP contribution >= 0.6 is 0 Å². The highest BCUT2D eigenvalue weighted by Gasteiger charge is 2.06. The van der Waals surface area contributed by atoms with Gasteiger partial charge in [0, 0.05) is 29.6 Å². The molecule has 0 spiro atoms. The van der Waals surface area contributed by atoms with E-state index in [0.717, 1.165) is 27.7 Å². The highest BCUT2D eigenvalue weighted by molar-refractivity contribution is 5.95. The first-order valence-electron chi connectivity index (χ1n) is 6.63. The minimum Gasteiger partial charge on any atom is -0.326 e. The second-order valence-corrected chi connectivity index (χ2v) is 4.85. The van der Waals surface area contributed by atoms with Crippen LogP contribution in [0.4, 0.5) is 5.69 Å². The molecule has 1 aromatic heterocycles. The third-order valence-electron chi connectivity index (χ3n) is 3.27. The average molecular weight is 278 g/mol. The number of benzene rings is 2. The predicted molar refractivity (Wildman–Crippen MR) is 84.3 cm³/mol. The molecule has 0 aliphatic heterocycles. The number of aromatic amines is 1. The molecule has 1 heterocycles. The standard InChI is InChI=1S/C17H14N2O2/c1-11(20)18-13-8-6-12(7-9-13)15-10-17(21)19-16-5-3-2-4-14(15)16/h2-10H,1H3,(H,18,20)(H,19,21). The van der Waals surface area contributed by atoms with Crippen LogP contribution in [0.25, 0.3) is 22.0 Å². The Morgan fingerprint density at radius 1 is 1.05 bits per heavy atom. The maximum Gasteiger partial charge on any atom is 0.249 e. The van der Waals surface area contributed by atoms with Crippen LogP contribution in [0.1, 0.15) is 6.92 Å². The van der Waals surface area contributed by atoms with E-state index in [0.29, 0.717) is 0 Å². The number of carbonyl (C=O) groups is 1. The van der Waals surface area contributed by atoms with E-state index in [-0.39, 0.29) is 11.5 Å².